The number of hydrogen-bond acceptors (Lipinski definition) is 4. The first-order valence-electron chi connectivity index (χ1n) is 5.78. The van der Waals surface area contributed by atoms with Gasteiger partial charge in [0.25, 0.3) is 0 Å². The molecule has 5 nitrogen and oxygen atoms in total. The second-order valence-electron chi connectivity index (χ2n) is 3.78. The molecule has 2 N–H and O–H groups in total. The van der Waals surface area contributed by atoms with Crippen LogP contribution in [0.1, 0.15) is 20.8 Å². The van der Waals surface area contributed by atoms with Crippen molar-refractivity contribution in [3.05, 3.63) is 18.3 Å². The van der Waals surface area contributed by atoms with Gasteiger partial charge in [-0.15, -0.1) is 0 Å². The molecule has 1 unspecified atom stereocenters. The van der Waals surface area contributed by atoms with E-state index in [0.717, 1.165) is 24.6 Å². The predicted octanol–water partition coefficient (Wildman–Crippen LogP) is 1.81. The van der Waals surface area contributed by atoms with Crippen LogP contribution in [0.2, 0.25) is 0 Å². The quantitative estimate of drug-likeness (QED) is 0.790. The third-order valence-corrected chi connectivity index (χ3v) is 2.59. The first-order chi connectivity index (χ1) is 8.08. The zero-order chi connectivity index (χ0) is 12.8. The van der Waals surface area contributed by atoms with Gasteiger partial charge in [-0.2, -0.15) is 0 Å². The van der Waals surface area contributed by atoms with Gasteiger partial charge in [0.2, 0.25) is 0 Å². The van der Waals surface area contributed by atoms with Gasteiger partial charge in [-0.05, 0) is 32.9 Å². The van der Waals surface area contributed by atoms with E-state index in [9.17, 15) is 4.79 Å². The molecule has 1 aromatic heterocycles. The number of aliphatic carboxylic acids is 1. The molecule has 0 fully saturated rings. The highest BCUT2D eigenvalue weighted by Crippen LogP contribution is 2.14. The molecule has 1 rings (SSSR count). The lowest BCUT2D eigenvalue weighted by atomic mass is 10.3. The van der Waals surface area contributed by atoms with Crippen molar-refractivity contribution >= 4 is 17.5 Å². The van der Waals surface area contributed by atoms with Crippen LogP contribution in [-0.4, -0.2) is 35.2 Å². The van der Waals surface area contributed by atoms with E-state index >= 15 is 0 Å². The maximum Gasteiger partial charge on any atom is 0.325 e. The summed E-state index contributed by atoms with van der Waals surface area (Å²) >= 11 is 0. The molecule has 94 valence electrons. The number of pyridine rings is 1. The van der Waals surface area contributed by atoms with E-state index in [1.165, 1.54) is 0 Å². The molecule has 0 bridgehead atoms. The summed E-state index contributed by atoms with van der Waals surface area (Å²) in [4.78, 5) is 17.1. The van der Waals surface area contributed by atoms with Crippen LogP contribution in [0.5, 0.6) is 0 Å². The van der Waals surface area contributed by atoms with Gasteiger partial charge in [0.1, 0.15) is 11.9 Å². The highest BCUT2D eigenvalue weighted by atomic mass is 16.4. The van der Waals surface area contributed by atoms with Gasteiger partial charge in [-0.3, -0.25) is 4.79 Å². The van der Waals surface area contributed by atoms with Crippen LogP contribution in [-0.2, 0) is 4.79 Å². The molecule has 0 spiro atoms. The van der Waals surface area contributed by atoms with Crippen LogP contribution in [0.15, 0.2) is 18.3 Å². The smallest absolute Gasteiger partial charge is 0.325 e. The van der Waals surface area contributed by atoms with E-state index < -0.39 is 12.0 Å². The van der Waals surface area contributed by atoms with E-state index in [1.54, 1.807) is 13.1 Å². The number of aromatic nitrogens is 1. The summed E-state index contributed by atoms with van der Waals surface area (Å²) in [6.07, 6.45) is 1.66. The number of carboxylic acid groups (broad SMARTS) is 1. The largest absolute Gasteiger partial charge is 0.480 e. The van der Waals surface area contributed by atoms with Crippen molar-refractivity contribution < 1.29 is 9.90 Å². The molecule has 0 amide bonds. The van der Waals surface area contributed by atoms with Gasteiger partial charge < -0.3 is 15.3 Å². The molecule has 0 radical (unpaired) electrons. The predicted molar refractivity (Wildman–Crippen MR) is 68.5 cm³/mol. The number of carbonyl (C=O) groups is 1. The molecule has 0 aliphatic rings. The number of nitrogens with one attached hydrogen (secondary N) is 1. The van der Waals surface area contributed by atoms with Crippen LogP contribution < -0.4 is 10.2 Å². The highest BCUT2D eigenvalue weighted by molar-refractivity contribution is 5.76. The van der Waals surface area contributed by atoms with Gasteiger partial charge in [-0.25, -0.2) is 4.98 Å². The fraction of sp³-hybridized carbons (Fsp3) is 0.500. The lowest BCUT2D eigenvalue weighted by Gasteiger charge is -2.20. The molecule has 0 aliphatic carbocycles. The molecular formula is C12H19N3O2. The molecule has 0 saturated heterocycles. The summed E-state index contributed by atoms with van der Waals surface area (Å²) in [5, 5.41) is 11.6. The summed E-state index contributed by atoms with van der Waals surface area (Å²) in [5.74, 6) is 0.0290. The maximum absolute atomic E-state index is 10.7. The minimum atomic E-state index is -0.877. The van der Waals surface area contributed by atoms with E-state index in [1.807, 2.05) is 12.1 Å². The van der Waals surface area contributed by atoms with Crippen molar-refractivity contribution in [1.82, 2.24) is 4.98 Å². The van der Waals surface area contributed by atoms with Crippen molar-refractivity contribution in [1.29, 1.82) is 0 Å². The molecule has 1 atom stereocenters. The zero-order valence-corrected chi connectivity index (χ0v) is 10.5. The first kappa shape index (κ1) is 13.3. The van der Waals surface area contributed by atoms with Gasteiger partial charge in [0.05, 0.1) is 11.9 Å². The number of nitrogens with zero attached hydrogens (tertiary/aromatic N) is 2. The average Bonchev–Trinajstić information content (AvgIpc) is 2.32. The summed E-state index contributed by atoms with van der Waals surface area (Å²) in [5.41, 5.74) is 0.718. The average molecular weight is 237 g/mol. The van der Waals surface area contributed by atoms with Crippen molar-refractivity contribution in [2.45, 2.75) is 26.8 Å². The third-order valence-electron chi connectivity index (χ3n) is 2.59. The molecule has 0 saturated carbocycles. The van der Waals surface area contributed by atoms with Crippen LogP contribution >= 0.6 is 0 Å². The molecule has 1 heterocycles. The molecule has 0 aromatic carbocycles. The van der Waals surface area contributed by atoms with Crippen LogP contribution in [0, 0.1) is 0 Å². The Hall–Kier alpha value is -1.78. The Labute approximate surface area is 101 Å². The number of carboxylic acids is 1. The summed E-state index contributed by atoms with van der Waals surface area (Å²) in [6.45, 7) is 7.55. The van der Waals surface area contributed by atoms with Gasteiger partial charge in [0, 0.05) is 13.1 Å². The molecule has 17 heavy (non-hydrogen) atoms. The van der Waals surface area contributed by atoms with Crippen molar-refractivity contribution in [3.8, 4) is 0 Å². The first-order valence-corrected chi connectivity index (χ1v) is 5.78. The van der Waals surface area contributed by atoms with Gasteiger partial charge in [-0.1, -0.05) is 0 Å². The van der Waals surface area contributed by atoms with E-state index in [2.05, 4.69) is 29.0 Å². The standard InChI is InChI=1S/C12H19N3O2/c1-4-15(5-2)11-7-6-10(8-13-11)14-9(3)12(16)17/h6-9,14H,4-5H2,1-3H3,(H,16,17). The minimum absolute atomic E-state index is 0.615. The van der Waals surface area contributed by atoms with Crippen molar-refractivity contribution in [2.75, 3.05) is 23.3 Å². The second-order valence-corrected chi connectivity index (χ2v) is 3.78. The fourth-order valence-electron chi connectivity index (χ4n) is 1.52. The van der Waals surface area contributed by atoms with E-state index in [4.69, 9.17) is 5.11 Å². The topological polar surface area (TPSA) is 65.5 Å². The van der Waals surface area contributed by atoms with Crippen molar-refractivity contribution in [2.24, 2.45) is 0 Å². The number of rotatable bonds is 6. The fourth-order valence-corrected chi connectivity index (χ4v) is 1.52. The summed E-state index contributed by atoms with van der Waals surface area (Å²) < 4.78 is 0. The number of anilines is 2. The van der Waals surface area contributed by atoms with E-state index in [-0.39, 0.29) is 0 Å². The Morgan fingerprint density at radius 2 is 2.12 bits per heavy atom. The third kappa shape index (κ3) is 3.62. The minimum Gasteiger partial charge on any atom is -0.480 e. The Morgan fingerprint density at radius 1 is 1.47 bits per heavy atom. The maximum atomic E-state index is 10.7. The van der Waals surface area contributed by atoms with Crippen molar-refractivity contribution in [3.63, 3.8) is 0 Å². The van der Waals surface area contributed by atoms with E-state index in [0.29, 0.717) is 0 Å². The summed E-state index contributed by atoms with van der Waals surface area (Å²) in [7, 11) is 0. The Morgan fingerprint density at radius 3 is 2.53 bits per heavy atom. The second kappa shape index (κ2) is 6.08. The summed E-state index contributed by atoms with van der Waals surface area (Å²) in [6, 6.07) is 3.13. The van der Waals surface area contributed by atoms with Crippen LogP contribution in [0.3, 0.4) is 0 Å². The number of hydrogen-bond donors (Lipinski definition) is 2. The SMILES string of the molecule is CCN(CC)c1ccc(NC(C)C(=O)O)cn1. The van der Waals surface area contributed by atoms with Crippen LogP contribution in [0.25, 0.3) is 0 Å². The van der Waals surface area contributed by atoms with Gasteiger partial charge >= 0.3 is 5.97 Å². The normalized spacial score (nSPS) is 11.9. The van der Waals surface area contributed by atoms with Gasteiger partial charge in [0.15, 0.2) is 0 Å². The molecule has 5 heteroatoms. The molecular weight excluding hydrogens is 218 g/mol. The zero-order valence-electron chi connectivity index (χ0n) is 10.5. The molecule has 0 aliphatic heterocycles. The lowest BCUT2D eigenvalue weighted by Crippen LogP contribution is -2.26. The highest BCUT2D eigenvalue weighted by Gasteiger charge is 2.10. The van der Waals surface area contributed by atoms with Crippen LogP contribution in [0.4, 0.5) is 11.5 Å². The Bertz CT molecular complexity index is 361. The Kier molecular flexibility index (Phi) is 4.75. The molecule has 1 aromatic rings. The lowest BCUT2D eigenvalue weighted by molar-refractivity contribution is -0.137. The monoisotopic (exact) mass is 237 g/mol. The Balaban J connectivity index is 2.71.